The summed E-state index contributed by atoms with van der Waals surface area (Å²) >= 11 is 0. The van der Waals surface area contributed by atoms with Crippen LogP contribution in [0, 0.1) is 0 Å². The van der Waals surface area contributed by atoms with Gasteiger partial charge < -0.3 is 20.5 Å². The maximum absolute atomic E-state index is 12.9. The number of alkyl halides is 3. The number of ether oxygens (including phenoxy) is 1. The van der Waals surface area contributed by atoms with Crippen LogP contribution < -0.4 is 10.6 Å². The van der Waals surface area contributed by atoms with Crippen molar-refractivity contribution >= 4 is 11.4 Å². The van der Waals surface area contributed by atoms with Crippen molar-refractivity contribution in [3.63, 3.8) is 0 Å². The van der Waals surface area contributed by atoms with Gasteiger partial charge in [-0.25, -0.2) is 0 Å². The molecule has 112 valence electrons. The normalized spacial score (nSPS) is 23.9. The van der Waals surface area contributed by atoms with Gasteiger partial charge in [-0.1, -0.05) is 0 Å². The molecule has 1 saturated heterocycles. The van der Waals surface area contributed by atoms with Gasteiger partial charge in [0.1, 0.15) is 0 Å². The third-order valence-electron chi connectivity index (χ3n) is 3.24. The van der Waals surface area contributed by atoms with Crippen LogP contribution >= 0.6 is 0 Å². The Balaban J connectivity index is 2.28. The first-order valence-corrected chi connectivity index (χ1v) is 6.29. The summed E-state index contributed by atoms with van der Waals surface area (Å²) in [6.07, 6.45) is -5.03. The molecule has 1 aromatic carbocycles. The summed E-state index contributed by atoms with van der Waals surface area (Å²) in [5, 5.41) is 9.15. The lowest BCUT2D eigenvalue weighted by molar-refractivity contribution is -0.136. The molecule has 0 aliphatic carbocycles. The molecular formula is C13H17F3N2O2. The van der Waals surface area contributed by atoms with Gasteiger partial charge in [0.05, 0.1) is 24.4 Å². The van der Waals surface area contributed by atoms with E-state index in [0.717, 1.165) is 6.07 Å². The molecule has 2 unspecified atom stereocenters. The smallest absolute Gasteiger partial charge is 0.398 e. The molecule has 1 aromatic rings. The van der Waals surface area contributed by atoms with E-state index in [1.807, 2.05) is 6.92 Å². The van der Waals surface area contributed by atoms with Gasteiger partial charge in [-0.15, -0.1) is 0 Å². The number of rotatable bonds is 2. The average molecular weight is 290 g/mol. The number of anilines is 2. The summed E-state index contributed by atoms with van der Waals surface area (Å²) in [5.74, 6) is 0. The van der Waals surface area contributed by atoms with Gasteiger partial charge in [0.2, 0.25) is 0 Å². The Kier molecular flexibility index (Phi) is 4.10. The van der Waals surface area contributed by atoms with Crippen LogP contribution in [0.3, 0.4) is 0 Å². The number of halogens is 3. The van der Waals surface area contributed by atoms with Crippen LogP contribution in [0.2, 0.25) is 0 Å². The van der Waals surface area contributed by atoms with E-state index in [4.69, 9.17) is 15.6 Å². The average Bonchev–Trinajstić information content (AvgIpc) is 2.37. The highest BCUT2D eigenvalue weighted by Gasteiger charge is 2.34. The van der Waals surface area contributed by atoms with Crippen molar-refractivity contribution in [3.05, 3.63) is 23.8 Å². The number of hydrogen-bond acceptors (Lipinski definition) is 4. The molecular weight excluding hydrogens is 273 g/mol. The minimum atomic E-state index is -4.48. The molecule has 3 N–H and O–H groups in total. The van der Waals surface area contributed by atoms with Crippen molar-refractivity contribution < 1.29 is 23.0 Å². The van der Waals surface area contributed by atoms with Crippen molar-refractivity contribution in [1.29, 1.82) is 0 Å². The highest BCUT2D eigenvalue weighted by atomic mass is 19.4. The Morgan fingerprint density at radius 2 is 2.10 bits per heavy atom. The number of aliphatic hydroxyl groups is 1. The van der Waals surface area contributed by atoms with Crippen LogP contribution in [0.4, 0.5) is 24.5 Å². The summed E-state index contributed by atoms with van der Waals surface area (Å²) in [5.41, 5.74) is 4.68. The van der Waals surface area contributed by atoms with Gasteiger partial charge in [-0.3, -0.25) is 0 Å². The number of nitrogen functional groups attached to an aromatic ring is 1. The molecule has 0 bridgehead atoms. The Bertz CT molecular complexity index is 479. The van der Waals surface area contributed by atoms with Gasteiger partial charge in [0.15, 0.2) is 0 Å². The van der Waals surface area contributed by atoms with E-state index in [-0.39, 0.29) is 18.4 Å². The predicted molar refractivity (Wildman–Crippen MR) is 69.5 cm³/mol. The zero-order chi connectivity index (χ0) is 14.9. The summed E-state index contributed by atoms with van der Waals surface area (Å²) < 4.78 is 44.0. The van der Waals surface area contributed by atoms with E-state index in [1.54, 1.807) is 11.0 Å². The molecule has 2 atom stereocenters. The van der Waals surface area contributed by atoms with Crippen molar-refractivity contribution in [1.82, 2.24) is 0 Å². The number of hydrogen-bond donors (Lipinski definition) is 2. The lowest BCUT2D eigenvalue weighted by atomic mass is 10.1. The molecule has 0 amide bonds. The molecule has 7 heteroatoms. The third kappa shape index (κ3) is 3.16. The third-order valence-corrected chi connectivity index (χ3v) is 3.24. The van der Waals surface area contributed by atoms with Crippen molar-refractivity contribution in [2.24, 2.45) is 0 Å². The number of nitrogens with zero attached hydrogens (tertiary/aromatic N) is 1. The summed E-state index contributed by atoms with van der Waals surface area (Å²) in [6.45, 7) is 2.47. The highest BCUT2D eigenvalue weighted by Crippen LogP contribution is 2.36. The first-order valence-electron chi connectivity index (χ1n) is 6.29. The van der Waals surface area contributed by atoms with E-state index in [1.165, 1.54) is 6.07 Å². The number of nitrogens with two attached hydrogens (primary N) is 1. The first kappa shape index (κ1) is 14.9. The molecule has 1 aliphatic rings. The standard InChI is InChI=1S/C13H17F3N2O2/c1-8-5-18(6-10(7-19)20-8)9-2-3-12(17)11(4-9)13(14,15)16/h2-4,8,10,19H,5-7,17H2,1H3. The minimum Gasteiger partial charge on any atom is -0.398 e. The second-order valence-corrected chi connectivity index (χ2v) is 4.93. The van der Waals surface area contributed by atoms with Crippen LogP contribution in [0.1, 0.15) is 12.5 Å². The largest absolute Gasteiger partial charge is 0.418 e. The second kappa shape index (κ2) is 5.49. The Labute approximate surface area is 114 Å². The van der Waals surface area contributed by atoms with Gasteiger partial charge in [0.25, 0.3) is 0 Å². The van der Waals surface area contributed by atoms with E-state index < -0.39 is 17.8 Å². The quantitative estimate of drug-likeness (QED) is 0.816. The topological polar surface area (TPSA) is 58.7 Å². The number of aliphatic hydroxyl groups excluding tert-OH is 1. The Morgan fingerprint density at radius 1 is 1.40 bits per heavy atom. The maximum atomic E-state index is 12.9. The maximum Gasteiger partial charge on any atom is 0.418 e. The Morgan fingerprint density at radius 3 is 2.70 bits per heavy atom. The van der Waals surface area contributed by atoms with E-state index in [0.29, 0.717) is 18.8 Å². The molecule has 2 rings (SSSR count). The second-order valence-electron chi connectivity index (χ2n) is 4.93. The fourth-order valence-electron chi connectivity index (χ4n) is 2.34. The van der Waals surface area contributed by atoms with E-state index in [9.17, 15) is 13.2 Å². The molecule has 20 heavy (non-hydrogen) atoms. The van der Waals surface area contributed by atoms with Crippen LogP contribution in [0.25, 0.3) is 0 Å². The first-order chi connectivity index (χ1) is 9.31. The molecule has 1 fully saturated rings. The van der Waals surface area contributed by atoms with Gasteiger partial charge in [-0.05, 0) is 25.1 Å². The van der Waals surface area contributed by atoms with Gasteiger partial charge in [0, 0.05) is 24.5 Å². The molecule has 1 aliphatic heterocycles. The Hall–Kier alpha value is -1.47. The SMILES string of the molecule is CC1CN(c2ccc(N)c(C(F)(F)F)c2)CC(CO)O1. The minimum absolute atomic E-state index is 0.159. The zero-order valence-electron chi connectivity index (χ0n) is 11.0. The monoisotopic (exact) mass is 290 g/mol. The van der Waals surface area contributed by atoms with Gasteiger partial charge in [-0.2, -0.15) is 13.2 Å². The summed E-state index contributed by atoms with van der Waals surface area (Å²) in [6, 6.07) is 3.85. The molecule has 0 spiro atoms. The lowest BCUT2D eigenvalue weighted by Crippen LogP contribution is -2.48. The molecule has 4 nitrogen and oxygen atoms in total. The van der Waals surface area contributed by atoms with Crippen LogP contribution in [0.15, 0.2) is 18.2 Å². The molecule has 0 aromatic heterocycles. The van der Waals surface area contributed by atoms with E-state index >= 15 is 0 Å². The molecule has 0 radical (unpaired) electrons. The zero-order valence-corrected chi connectivity index (χ0v) is 11.0. The number of benzene rings is 1. The molecule has 0 saturated carbocycles. The van der Waals surface area contributed by atoms with E-state index in [2.05, 4.69) is 0 Å². The number of morpholine rings is 1. The highest BCUT2D eigenvalue weighted by molar-refractivity contribution is 5.59. The van der Waals surface area contributed by atoms with Crippen molar-refractivity contribution in [2.75, 3.05) is 30.3 Å². The predicted octanol–water partition coefficient (Wildman–Crippen LogP) is 1.87. The van der Waals surface area contributed by atoms with Crippen LogP contribution in [0.5, 0.6) is 0 Å². The lowest BCUT2D eigenvalue weighted by Gasteiger charge is -2.37. The fourth-order valence-corrected chi connectivity index (χ4v) is 2.34. The van der Waals surface area contributed by atoms with Crippen LogP contribution in [-0.4, -0.2) is 37.0 Å². The van der Waals surface area contributed by atoms with Gasteiger partial charge >= 0.3 is 6.18 Å². The fraction of sp³-hybridized carbons (Fsp3) is 0.538. The van der Waals surface area contributed by atoms with Crippen molar-refractivity contribution in [3.8, 4) is 0 Å². The van der Waals surface area contributed by atoms with Crippen molar-refractivity contribution in [2.45, 2.75) is 25.3 Å². The summed E-state index contributed by atoms with van der Waals surface area (Å²) in [7, 11) is 0. The van der Waals surface area contributed by atoms with Crippen LogP contribution in [-0.2, 0) is 10.9 Å². The molecule has 1 heterocycles. The summed E-state index contributed by atoms with van der Waals surface area (Å²) in [4.78, 5) is 1.77.